The second kappa shape index (κ2) is 8.05. The number of aromatic nitrogens is 1. The number of ether oxygens (including phenoxy) is 1. The number of nitriles is 1. The third-order valence-corrected chi connectivity index (χ3v) is 6.72. The summed E-state index contributed by atoms with van der Waals surface area (Å²) in [6.45, 7) is 2.97. The molecule has 4 rings (SSSR count). The first-order valence-corrected chi connectivity index (χ1v) is 10.4. The maximum absolute atomic E-state index is 14.9. The Morgan fingerprint density at radius 2 is 2.27 bits per heavy atom. The van der Waals surface area contributed by atoms with Crippen molar-refractivity contribution < 1.29 is 13.9 Å². The van der Waals surface area contributed by atoms with Gasteiger partial charge >= 0.3 is 0 Å². The fourth-order valence-corrected chi connectivity index (χ4v) is 5.19. The molecular formula is C21H20FN5O2S. The molecule has 1 amide bonds. The maximum Gasteiger partial charge on any atom is 0.274 e. The Morgan fingerprint density at radius 1 is 1.43 bits per heavy atom. The Balaban J connectivity index is 1.65. The molecule has 1 aromatic carbocycles. The van der Waals surface area contributed by atoms with Gasteiger partial charge in [-0.3, -0.25) is 9.79 Å². The third-order valence-electron chi connectivity index (χ3n) is 5.52. The van der Waals surface area contributed by atoms with Crippen LogP contribution in [0.5, 0.6) is 0 Å². The van der Waals surface area contributed by atoms with Crippen molar-refractivity contribution in [3.8, 4) is 6.07 Å². The van der Waals surface area contributed by atoms with E-state index in [4.69, 9.17) is 15.7 Å². The van der Waals surface area contributed by atoms with E-state index in [0.717, 1.165) is 6.42 Å². The first-order valence-electron chi connectivity index (χ1n) is 9.48. The van der Waals surface area contributed by atoms with Gasteiger partial charge in [-0.2, -0.15) is 5.26 Å². The number of amidine groups is 1. The largest absolute Gasteiger partial charge is 0.381 e. The van der Waals surface area contributed by atoms with E-state index in [1.807, 2.05) is 13.0 Å². The van der Waals surface area contributed by atoms with Gasteiger partial charge in [-0.15, -0.1) is 0 Å². The van der Waals surface area contributed by atoms with Crippen LogP contribution in [0.2, 0.25) is 0 Å². The predicted molar refractivity (Wildman–Crippen MR) is 113 cm³/mol. The van der Waals surface area contributed by atoms with Crippen LogP contribution in [0.15, 0.2) is 41.5 Å². The van der Waals surface area contributed by atoms with Crippen LogP contribution in [0, 0.1) is 23.1 Å². The number of nitrogens with one attached hydrogen (secondary N) is 1. The molecule has 2 aliphatic rings. The van der Waals surface area contributed by atoms with Crippen molar-refractivity contribution in [3.05, 3.63) is 59.2 Å². The lowest BCUT2D eigenvalue weighted by Crippen LogP contribution is -2.48. The number of halogens is 1. The molecule has 154 valence electrons. The molecule has 0 aliphatic carbocycles. The third kappa shape index (κ3) is 3.76. The van der Waals surface area contributed by atoms with E-state index < -0.39 is 17.3 Å². The van der Waals surface area contributed by atoms with Crippen LogP contribution in [0.4, 0.5) is 10.1 Å². The molecule has 0 spiro atoms. The molecule has 0 bridgehead atoms. The zero-order valence-electron chi connectivity index (χ0n) is 16.3. The van der Waals surface area contributed by atoms with E-state index in [2.05, 4.69) is 15.3 Å². The number of aliphatic imine (C=N–C) groups is 1. The molecule has 1 fully saturated rings. The first kappa shape index (κ1) is 20.3. The van der Waals surface area contributed by atoms with E-state index in [9.17, 15) is 9.18 Å². The quantitative estimate of drug-likeness (QED) is 0.781. The fourth-order valence-electron chi connectivity index (χ4n) is 3.92. The van der Waals surface area contributed by atoms with Gasteiger partial charge in [0, 0.05) is 35.2 Å². The summed E-state index contributed by atoms with van der Waals surface area (Å²) in [4.78, 5) is 21.1. The number of hydrogen-bond acceptors (Lipinski definition) is 7. The Morgan fingerprint density at radius 3 is 3.00 bits per heavy atom. The molecule has 7 nitrogen and oxygen atoms in total. The number of rotatable bonds is 3. The summed E-state index contributed by atoms with van der Waals surface area (Å²) in [5, 5.41) is 12.2. The number of amides is 1. The predicted octanol–water partition coefficient (Wildman–Crippen LogP) is 3.03. The van der Waals surface area contributed by atoms with Crippen LogP contribution in [0.3, 0.4) is 0 Å². The van der Waals surface area contributed by atoms with Gasteiger partial charge in [-0.05, 0) is 43.7 Å². The lowest BCUT2D eigenvalue weighted by atomic mass is 9.76. The number of benzene rings is 1. The van der Waals surface area contributed by atoms with Gasteiger partial charge in [0.1, 0.15) is 17.6 Å². The smallest absolute Gasteiger partial charge is 0.274 e. The standard InChI is InChI=1S/C21H20FN5O2S/c1-21(15-11-29-7-6-18(15)30-20(24)27-21)14-8-13(3-4-16(14)22)26-19(28)17-5-2-12(9-23)10-25-17/h2-5,8,10,15,18H,6-7,11H2,1H3,(H2,24,27)(H,26,28)/t15?,18?,21-/m1/s1. The second-order valence-electron chi connectivity index (χ2n) is 7.42. The van der Waals surface area contributed by atoms with Crippen molar-refractivity contribution in [2.45, 2.75) is 24.1 Å². The minimum atomic E-state index is -0.905. The van der Waals surface area contributed by atoms with Gasteiger partial charge in [0.05, 0.1) is 17.7 Å². The van der Waals surface area contributed by atoms with Crippen LogP contribution in [0.25, 0.3) is 0 Å². The van der Waals surface area contributed by atoms with Crippen molar-refractivity contribution in [2.24, 2.45) is 16.6 Å². The Labute approximate surface area is 177 Å². The first-order chi connectivity index (χ1) is 14.4. The number of thioether (sulfide) groups is 1. The number of anilines is 1. The summed E-state index contributed by atoms with van der Waals surface area (Å²) in [5.41, 5.74) is 6.46. The Bertz CT molecular complexity index is 1050. The molecule has 1 saturated heterocycles. The number of pyridine rings is 1. The van der Waals surface area contributed by atoms with Gasteiger partial charge in [0.2, 0.25) is 0 Å². The average Bonchev–Trinajstić information content (AvgIpc) is 2.75. The van der Waals surface area contributed by atoms with Crippen molar-refractivity contribution >= 4 is 28.5 Å². The molecule has 2 aliphatic heterocycles. The van der Waals surface area contributed by atoms with Crippen LogP contribution in [-0.4, -0.2) is 34.5 Å². The normalized spacial score (nSPS) is 25.6. The topological polar surface area (TPSA) is 113 Å². The van der Waals surface area contributed by atoms with Crippen molar-refractivity contribution in [2.75, 3.05) is 18.5 Å². The lowest BCUT2D eigenvalue weighted by Gasteiger charge is -2.45. The van der Waals surface area contributed by atoms with Crippen molar-refractivity contribution in [1.82, 2.24) is 4.98 Å². The van der Waals surface area contributed by atoms with Crippen molar-refractivity contribution in [1.29, 1.82) is 5.26 Å². The number of nitrogens with zero attached hydrogens (tertiary/aromatic N) is 3. The molecule has 9 heteroatoms. The van der Waals surface area contributed by atoms with Crippen LogP contribution < -0.4 is 11.1 Å². The number of carbonyl (C=O) groups is 1. The summed E-state index contributed by atoms with van der Waals surface area (Å²) in [7, 11) is 0. The summed E-state index contributed by atoms with van der Waals surface area (Å²) in [6, 6.07) is 9.33. The number of nitrogens with two attached hydrogens (primary N) is 1. The molecule has 2 unspecified atom stereocenters. The maximum atomic E-state index is 14.9. The second-order valence-corrected chi connectivity index (χ2v) is 8.68. The van der Waals surface area contributed by atoms with Gasteiger partial charge in [-0.25, -0.2) is 9.37 Å². The fraction of sp³-hybridized carbons (Fsp3) is 0.333. The van der Waals surface area contributed by atoms with Gasteiger partial charge in [0.25, 0.3) is 5.91 Å². The highest BCUT2D eigenvalue weighted by molar-refractivity contribution is 8.14. The van der Waals surface area contributed by atoms with Gasteiger partial charge < -0.3 is 15.8 Å². The van der Waals surface area contributed by atoms with E-state index in [0.29, 0.717) is 35.2 Å². The number of fused-ring (bicyclic) bond motifs is 1. The van der Waals surface area contributed by atoms with E-state index in [-0.39, 0.29) is 16.9 Å². The lowest BCUT2D eigenvalue weighted by molar-refractivity contribution is 0.0280. The van der Waals surface area contributed by atoms with Gasteiger partial charge in [-0.1, -0.05) is 11.8 Å². The van der Waals surface area contributed by atoms with E-state index in [1.165, 1.54) is 42.2 Å². The molecule has 0 saturated carbocycles. The molecule has 3 N–H and O–H groups in total. The molecule has 1 aromatic heterocycles. The summed E-state index contributed by atoms with van der Waals surface area (Å²) >= 11 is 1.51. The molecule has 3 atom stereocenters. The van der Waals surface area contributed by atoms with Gasteiger partial charge in [0.15, 0.2) is 5.17 Å². The highest BCUT2D eigenvalue weighted by Crippen LogP contribution is 2.47. The molecule has 2 aromatic rings. The van der Waals surface area contributed by atoms with E-state index in [1.54, 1.807) is 6.07 Å². The highest BCUT2D eigenvalue weighted by Gasteiger charge is 2.47. The molecule has 30 heavy (non-hydrogen) atoms. The highest BCUT2D eigenvalue weighted by atomic mass is 32.2. The minimum absolute atomic E-state index is 0.0378. The molecule has 0 radical (unpaired) electrons. The summed E-state index contributed by atoms with van der Waals surface area (Å²) < 4.78 is 20.6. The number of hydrogen-bond donors (Lipinski definition) is 2. The molecule has 3 heterocycles. The Hall–Kier alpha value is -2.96. The summed E-state index contributed by atoms with van der Waals surface area (Å²) in [5.74, 6) is -0.910. The SMILES string of the molecule is C[C@]1(c2cc(NC(=O)c3ccc(C#N)cn3)ccc2F)N=C(N)SC2CCOCC21. The van der Waals surface area contributed by atoms with Crippen LogP contribution in [0.1, 0.15) is 35.0 Å². The average molecular weight is 425 g/mol. The van der Waals surface area contributed by atoms with E-state index >= 15 is 0 Å². The monoisotopic (exact) mass is 425 g/mol. The minimum Gasteiger partial charge on any atom is -0.381 e. The van der Waals surface area contributed by atoms with Crippen molar-refractivity contribution in [3.63, 3.8) is 0 Å². The van der Waals surface area contributed by atoms with Crippen LogP contribution >= 0.6 is 11.8 Å². The van der Waals surface area contributed by atoms with Crippen LogP contribution in [-0.2, 0) is 10.3 Å². The number of carbonyl (C=O) groups excluding carboxylic acids is 1. The Kier molecular flexibility index (Phi) is 5.45. The zero-order chi connectivity index (χ0) is 21.3. The summed E-state index contributed by atoms with van der Waals surface area (Å²) in [6.07, 6.45) is 2.15. The zero-order valence-corrected chi connectivity index (χ0v) is 17.1. The molecular weight excluding hydrogens is 405 g/mol.